The van der Waals surface area contributed by atoms with E-state index in [1.807, 2.05) is 0 Å². The summed E-state index contributed by atoms with van der Waals surface area (Å²) >= 11 is 0. The zero-order chi connectivity index (χ0) is 16.4. The van der Waals surface area contributed by atoms with E-state index >= 15 is 0 Å². The number of nitriles is 1. The number of nitrogens with zero attached hydrogens (tertiary/aromatic N) is 1. The molecular formula is C17H21NO4. The number of benzene rings is 1. The Morgan fingerprint density at radius 2 is 2.09 bits per heavy atom. The molecule has 1 rings (SSSR count). The third-order valence-corrected chi connectivity index (χ3v) is 2.90. The first-order chi connectivity index (χ1) is 10.7. The number of esters is 1. The summed E-state index contributed by atoms with van der Waals surface area (Å²) in [7, 11) is 1.53. The van der Waals surface area contributed by atoms with Crippen molar-refractivity contribution in [1.82, 2.24) is 0 Å². The van der Waals surface area contributed by atoms with Crippen molar-refractivity contribution in [2.45, 2.75) is 26.7 Å². The number of carbonyl (C=O) groups is 1. The number of hydrogen-bond acceptors (Lipinski definition) is 5. The first-order valence-corrected chi connectivity index (χ1v) is 7.26. The lowest BCUT2D eigenvalue weighted by atomic mass is 10.1. The molecule has 1 aromatic rings. The monoisotopic (exact) mass is 303 g/mol. The van der Waals surface area contributed by atoms with Crippen LogP contribution < -0.4 is 9.47 Å². The summed E-state index contributed by atoms with van der Waals surface area (Å²) in [5.74, 6) is 0.607. The first kappa shape index (κ1) is 17.6. The molecule has 0 aliphatic heterocycles. The maximum absolute atomic E-state index is 11.4. The van der Waals surface area contributed by atoms with E-state index in [4.69, 9.17) is 14.2 Å². The van der Waals surface area contributed by atoms with Gasteiger partial charge in [-0.05, 0) is 31.1 Å². The lowest BCUT2D eigenvalue weighted by Crippen LogP contribution is -2.01. The van der Waals surface area contributed by atoms with Gasteiger partial charge in [-0.15, -0.1) is 0 Å². The van der Waals surface area contributed by atoms with E-state index in [0.717, 1.165) is 12.8 Å². The molecule has 5 nitrogen and oxygen atoms in total. The Hall–Kier alpha value is -2.48. The molecule has 0 saturated carbocycles. The van der Waals surface area contributed by atoms with Crippen LogP contribution in [0.4, 0.5) is 0 Å². The second-order valence-corrected chi connectivity index (χ2v) is 4.49. The Morgan fingerprint density at radius 3 is 2.68 bits per heavy atom. The molecule has 5 heteroatoms. The lowest BCUT2D eigenvalue weighted by molar-refractivity contribution is -0.137. The molecule has 0 aromatic heterocycles. The van der Waals surface area contributed by atoms with Crippen LogP contribution in [-0.2, 0) is 9.53 Å². The van der Waals surface area contributed by atoms with Gasteiger partial charge in [-0.3, -0.25) is 0 Å². The normalized spacial score (nSPS) is 10.3. The van der Waals surface area contributed by atoms with Crippen LogP contribution in [0, 0.1) is 11.3 Å². The van der Waals surface area contributed by atoms with Crippen LogP contribution in [0.15, 0.2) is 18.2 Å². The van der Waals surface area contributed by atoms with E-state index in [1.165, 1.54) is 13.2 Å². The lowest BCUT2D eigenvalue weighted by Gasteiger charge is -2.12. The topological polar surface area (TPSA) is 68.5 Å². The minimum absolute atomic E-state index is 0.308. The fourth-order valence-corrected chi connectivity index (χ4v) is 1.76. The van der Waals surface area contributed by atoms with Crippen LogP contribution in [0.3, 0.4) is 0 Å². The SMILES string of the molecule is CCCCOc1cc(/C=C/C(=O)OCC)c(C#N)cc1OC. The van der Waals surface area contributed by atoms with Crippen molar-refractivity contribution in [3.05, 3.63) is 29.3 Å². The molecule has 1 aromatic carbocycles. The van der Waals surface area contributed by atoms with Gasteiger partial charge in [-0.1, -0.05) is 13.3 Å². The van der Waals surface area contributed by atoms with E-state index < -0.39 is 5.97 Å². The maximum Gasteiger partial charge on any atom is 0.330 e. The molecule has 0 amide bonds. The molecule has 0 atom stereocenters. The summed E-state index contributed by atoms with van der Waals surface area (Å²) in [6.45, 7) is 4.69. The average molecular weight is 303 g/mol. The van der Waals surface area contributed by atoms with Crippen molar-refractivity contribution >= 4 is 12.0 Å². The standard InChI is InChI=1S/C17H21NO4/c1-4-6-9-22-16-10-13(7-8-17(19)21-5-2)14(12-18)11-15(16)20-3/h7-8,10-11H,4-6,9H2,1-3H3/b8-7+. The third-order valence-electron chi connectivity index (χ3n) is 2.90. The van der Waals surface area contributed by atoms with Crippen molar-refractivity contribution < 1.29 is 19.0 Å². The quantitative estimate of drug-likeness (QED) is 0.418. The second kappa shape index (κ2) is 9.46. The van der Waals surface area contributed by atoms with Crippen LogP contribution in [-0.4, -0.2) is 26.3 Å². The third kappa shape index (κ3) is 5.13. The van der Waals surface area contributed by atoms with Crippen molar-refractivity contribution in [2.24, 2.45) is 0 Å². The predicted octanol–water partition coefficient (Wildman–Crippen LogP) is 3.32. The first-order valence-electron chi connectivity index (χ1n) is 7.26. The second-order valence-electron chi connectivity index (χ2n) is 4.49. The number of unbranched alkanes of at least 4 members (excludes halogenated alkanes) is 1. The average Bonchev–Trinajstić information content (AvgIpc) is 2.53. The van der Waals surface area contributed by atoms with Gasteiger partial charge >= 0.3 is 5.97 Å². The molecule has 0 N–H and O–H groups in total. The molecule has 0 aliphatic carbocycles. The van der Waals surface area contributed by atoms with Crippen molar-refractivity contribution in [2.75, 3.05) is 20.3 Å². The molecule has 0 radical (unpaired) electrons. The molecule has 0 unspecified atom stereocenters. The van der Waals surface area contributed by atoms with Gasteiger partial charge in [0, 0.05) is 12.1 Å². The van der Waals surface area contributed by atoms with Gasteiger partial charge < -0.3 is 14.2 Å². The largest absolute Gasteiger partial charge is 0.493 e. The molecule has 0 bridgehead atoms. The highest BCUT2D eigenvalue weighted by Crippen LogP contribution is 2.31. The van der Waals surface area contributed by atoms with E-state index in [-0.39, 0.29) is 0 Å². The van der Waals surface area contributed by atoms with Crippen molar-refractivity contribution in [1.29, 1.82) is 5.26 Å². The molecular weight excluding hydrogens is 282 g/mol. The molecule has 22 heavy (non-hydrogen) atoms. The molecule has 118 valence electrons. The fourth-order valence-electron chi connectivity index (χ4n) is 1.76. The van der Waals surface area contributed by atoms with Gasteiger partial charge in [0.25, 0.3) is 0 Å². The van der Waals surface area contributed by atoms with Gasteiger partial charge in [0.05, 0.1) is 32.0 Å². The van der Waals surface area contributed by atoms with Crippen molar-refractivity contribution in [3.8, 4) is 17.6 Å². The molecule has 0 saturated heterocycles. The number of rotatable bonds is 8. The highest BCUT2D eigenvalue weighted by Gasteiger charge is 2.10. The van der Waals surface area contributed by atoms with Crippen LogP contribution in [0.2, 0.25) is 0 Å². The Kier molecular flexibility index (Phi) is 7.55. The van der Waals surface area contributed by atoms with Crippen LogP contribution in [0.5, 0.6) is 11.5 Å². The fraction of sp³-hybridized carbons (Fsp3) is 0.412. The summed E-state index contributed by atoms with van der Waals surface area (Å²) in [4.78, 5) is 11.4. The maximum atomic E-state index is 11.4. The molecule has 0 spiro atoms. The minimum atomic E-state index is -0.448. The smallest absolute Gasteiger partial charge is 0.330 e. The van der Waals surface area contributed by atoms with E-state index in [0.29, 0.717) is 35.8 Å². The van der Waals surface area contributed by atoms with Crippen LogP contribution in [0.1, 0.15) is 37.8 Å². The van der Waals surface area contributed by atoms with Gasteiger partial charge in [-0.2, -0.15) is 5.26 Å². The zero-order valence-corrected chi connectivity index (χ0v) is 13.2. The van der Waals surface area contributed by atoms with E-state index in [9.17, 15) is 10.1 Å². The summed E-state index contributed by atoms with van der Waals surface area (Å²) in [6.07, 6.45) is 4.79. The Morgan fingerprint density at radius 1 is 1.32 bits per heavy atom. The molecule has 0 fully saturated rings. The number of hydrogen-bond donors (Lipinski definition) is 0. The summed E-state index contributed by atoms with van der Waals surface area (Å²) in [6, 6.07) is 5.38. The number of carbonyl (C=O) groups excluding carboxylic acids is 1. The number of ether oxygens (including phenoxy) is 3. The molecule has 0 aliphatic rings. The van der Waals surface area contributed by atoms with Gasteiger partial charge in [0.15, 0.2) is 11.5 Å². The minimum Gasteiger partial charge on any atom is -0.493 e. The Bertz CT molecular complexity index is 573. The van der Waals surface area contributed by atoms with Gasteiger partial charge in [0.1, 0.15) is 0 Å². The Balaban J connectivity index is 3.06. The number of methoxy groups -OCH3 is 1. The van der Waals surface area contributed by atoms with Gasteiger partial charge in [-0.25, -0.2) is 4.79 Å². The van der Waals surface area contributed by atoms with E-state index in [2.05, 4.69) is 13.0 Å². The zero-order valence-electron chi connectivity index (χ0n) is 13.2. The summed E-state index contributed by atoms with van der Waals surface area (Å²) in [5.41, 5.74) is 0.989. The summed E-state index contributed by atoms with van der Waals surface area (Å²) < 4.78 is 15.8. The molecule has 0 heterocycles. The van der Waals surface area contributed by atoms with Crippen LogP contribution in [0.25, 0.3) is 6.08 Å². The Labute approximate surface area is 131 Å². The highest BCUT2D eigenvalue weighted by molar-refractivity contribution is 5.87. The summed E-state index contributed by atoms with van der Waals surface area (Å²) in [5, 5.41) is 9.22. The van der Waals surface area contributed by atoms with Crippen LogP contribution >= 0.6 is 0 Å². The van der Waals surface area contributed by atoms with E-state index in [1.54, 1.807) is 25.1 Å². The van der Waals surface area contributed by atoms with Crippen molar-refractivity contribution in [3.63, 3.8) is 0 Å². The van der Waals surface area contributed by atoms with Gasteiger partial charge in [0.2, 0.25) is 0 Å². The highest BCUT2D eigenvalue weighted by atomic mass is 16.5. The predicted molar refractivity (Wildman–Crippen MR) is 83.8 cm³/mol.